The maximum Gasteiger partial charge on any atom is 0.250 e. The van der Waals surface area contributed by atoms with Gasteiger partial charge in [-0.05, 0) is 43.7 Å². The van der Waals surface area contributed by atoms with Gasteiger partial charge >= 0.3 is 0 Å². The van der Waals surface area contributed by atoms with Crippen LogP contribution in [0.1, 0.15) is 18.9 Å². The van der Waals surface area contributed by atoms with E-state index >= 15 is 0 Å². The summed E-state index contributed by atoms with van der Waals surface area (Å²) < 4.78 is 24.6. The molecule has 0 radical (unpaired) electrons. The molecular formula is C22H24FN3O5. The summed E-state index contributed by atoms with van der Waals surface area (Å²) in [5, 5.41) is 18.9. The fourth-order valence-electron chi connectivity index (χ4n) is 4.42. The Bertz CT molecular complexity index is 1040. The molecular weight excluding hydrogens is 405 g/mol. The first-order chi connectivity index (χ1) is 14.8. The highest BCUT2D eigenvalue weighted by Crippen LogP contribution is 2.48. The topological polar surface area (TPSA) is 109 Å². The molecule has 164 valence electrons. The Hall–Kier alpha value is -3.17. The van der Waals surface area contributed by atoms with Gasteiger partial charge < -0.3 is 25.2 Å². The summed E-state index contributed by atoms with van der Waals surface area (Å²) in [6.45, 7) is 1.58. The van der Waals surface area contributed by atoms with Gasteiger partial charge in [-0.2, -0.15) is 0 Å². The quantitative estimate of drug-likeness (QED) is 0.579. The van der Waals surface area contributed by atoms with Crippen molar-refractivity contribution in [3.8, 4) is 11.5 Å². The highest BCUT2D eigenvalue weighted by atomic mass is 19.1. The Balaban J connectivity index is 1.75. The van der Waals surface area contributed by atoms with Crippen molar-refractivity contribution in [2.45, 2.75) is 31.0 Å². The van der Waals surface area contributed by atoms with Crippen LogP contribution in [0.2, 0.25) is 0 Å². The number of carbonyl (C=O) groups excluding carboxylic acids is 2. The molecule has 4 atom stereocenters. The first kappa shape index (κ1) is 21.1. The van der Waals surface area contributed by atoms with Crippen LogP contribution in [0.25, 0.3) is 0 Å². The number of halogens is 1. The van der Waals surface area contributed by atoms with Crippen LogP contribution in [0.15, 0.2) is 36.4 Å². The molecule has 2 heterocycles. The van der Waals surface area contributed by atoms with E-state index in [-0.39, 0.29) is 6.42 Å². The number of hydrogen-bond acceptors (Lipinski definition) is 6. The Morgan fingerprint density at radius 2 is 2.03 bits per heavy atom. The minimum atomic E-state index is -1.50. The lowest BCUT2D eigenvalue weighted by molar-refractivity contribution is -0.130. The number of nitrogens with one attached hydrogen (secondary N) is 3. The molecule has 4 N–H and O–H groups in total. The maximum absolute atomic E-state index is 14.1. The molecule has 1 spiro atoms. The zero-order valence-electron chi connectivity index (χ0n) is 17.4. The Morgan fingerprint density at radius 1 is 1.26 bits per heavy atom. The van der Waals surface area contributed by atoms with Gasteiger partial charge in [-0.15, -0.1) is 0 Å². The van der Waals surface area contributed by atoms with Gasteiger partial charge in [0.05, 0.1) is 31.9 Å². The number of benzene rings is 2. The van der Waals surface area contributed by atoms with Crippen molar-refractivity contribution in [2.24, 2.45) is 5.92 Å². The maximum atomic E-state index is 14.1. The monoisotopic (exact) mass is 429 g/mol. The second kappa shape index (κ2) is 7.82. The smallest absolute Gasteiger partial charge is 0.250 e. The van der Waals surface area contributed by atoms with E-state index in [1.165, 1.54) is 32.4 Å². The zero-order valence-corrected chi connectivity index (χ0v) is 17.4. The van der Waals surface area contributed by atoms with Crippen molar-refractivity contribution in [1.82, 2.24) is 5.32 Å². The molecule has 2 aliphatic heterocycles. The van der Waals surface area contributed by atoms with Crippen LogP contribution in [0.3, 0.4) is 0 Å². The van der Waals surface area contributed by atoms with Crippen LogP contribution in [0.5, 0.6) is 11.5 Å². The Kier molecular flexibility index (Phi) is 5.32. The van der Waals surface area contributed by atoms with E-state index in [1.807, 2.05) is 0 Å². The molecule has 2 aromatic rings. The molecule has 2 amide bonds. The van der Waals surface area contributed by atoms with Crippen LogP contribution in [0, 0.1) is 11.7 Å². The van der Waals surface area contributed by atoms with Crippen molar-refractivity contribution in [3.05, 3.63) is 47.8 Å². The lowest BCUT2D eigenvalue weighted by Gasteiger charge is -2.29. The number of anilines is 2. The summed E-state index contributed by atoms with van der Waals surface area (Å²) in [5.41, 5.74) is -0.351. The van der Waals surface area contributed by atoms with E-state index in [9.17, 15) is 19.1 Å². The summed E-state index contributed by atoms with van der Waals surface area (Å²) in [4.78, 5) is 26.6. The van der Waals surface area contributed by atoms with Crippen LogP contribution >= 0.6 is 0 Å². The summed E-state index contributed by atoms with van der Waals surface area (Å²) in [5.74, 6) is -1.42. The van der Waals surface area contributed by atoms with E-state index in [0.717, 1.165) is 0 Å². The normalized spacial score (nSPS) is 25.1. The molecule has 2 aliphatic rings. The van der Waals surface area contributed by atoms with Crippen molar-refractivity contribution < 1.29 is 28.6 Å². The molecule has 9 heteroatoms. The van der Waals surface area contributed by atoms with Gasteiger partial charge in [0, 0.05) is 23.4 Å². The first-order valence-electron chi connectivity index (χ1n) is 9.90. The molecule has 0 aliphatic carbocycles. The van der Waals surface area contributed by atoms with Crippen molar-refractivity contribution in [1.29, 1.82) is 0 Å². The number of amides is 2. The first-order valence-corrected chi connectivity index (χ1v) is 9.90. The zero-order chi connectivity index (χ0) is 22.3. The molecule has 4 rings (SSSR count). The third-order valence-electron chi connectivity index (χ3n) is 6.00. The highest BCUT2D eigenvalue weighted by Gasteiger charge is 2.60. The Labute approximate surface area is 178 Å². The third kappa shape index (κ3) is 3.39. The number of aliphatic hydroxyl groups excluding tert-OH is 1. The molecule has 0 aromatic heterocycles. The molecule has 0 bridgehead atoms. The van der Waals surface area contributed by atoms with Crippen LogP contribution in [0.4, 0.5) is 15.8 Å². The predicted molar refractivity (Wildman–Crippen MR) is 112 cm³/mol. The average Bonchev–Trinajstić information content (AvgIpc) is 3.28. The summed E-state index contributed by atoms with van der Waals surface area (Å²) >= 11 is 0. The summed E-state index contributed by atoms with van der Waals surface area (Å²) in [6.07, 6.45) is -0.648. The van der Waals surface area contributed by atoms with E-state index in [1.54, 1.807) is 25.1 Å². The van der Waals surface area contributed by atoms with Gasteiger partial charge in [0.15, 0.2) is 0 Å². The number of ether oxygens (including phenoxy) is 2. The standard InChI is InChI=1S/C22H24FN3O5/c1-11(27)17-10-15(20(28)24-18-9-13(30-2)5-7-19(18)31-3)22(26-17)14-8-12(23)4-6-16(14)25-21(22)29/h4-9,11,15,17,26-27H,10H2,1-3H3,(H,24,28)(H,25,29)/t11-,15+,17-,22-/m1/s1. The van der Waals surface area contributed by atoms with Gasteiger partial charge in [0.1, 0.15) is 22.9 Å². The van der Waals surface area contributed by atoms with Gasteiger partial charge in [0.25, 0.3) is 0 Å². The number of carbonyl (C=O) groups is 2. The van der Waals surface area contributed by atoms with E-state index in [2.05, 4.69) is 16.0 Å². The SMILES string of the molecule is COc1ccc(OC)c(NC(=O)[C@@H]2C[C@H]([C@@H](C)O)N[C@@]23C(=O)Nc2ccc(F)cc23)c1. The van der Waals surface area contributed by atoms with Gasteiger partial charge in [-0.25, -0.2) is 4.39 Å². The van der Waals surface area contributed by atoms with Gasteiger partial charge in [-0.1, -0.05) is 0 Å². The number of hydrogen-bond donors (Lipinski definition) is 4. The number of aliphatic hydroxyl groups is 1. The van der Waals surface area contributed by atoms with Crippen LogP contribution in [-0.4, -0.2) is 43.3 Å². The summed E-state index contributed by atoms with van der Waals surface area (Å²) in [7, 11) is 2.98. The molecule has 0 unspecified atom stereocenters. The third-order valence-corrected chi connectivity index (χ3v) is 6.00. The van der Waals surface area contributed by atoms with Gasteiger partial charge in [-0.3, -0.25) is 14.9 Å². The second-order valence-electron chi connectivity index (χ2n) is 7.79. The minimum Gasteiger partial charge on any atom is -0.497 e. The lowest BCUT2D eigenvalue weighted by atomic mass is 9.79. The fraction of sp³-hybridized carbons (Fsp3) is 0.364. The van der Waals surface area contributed by atoms with Crippen molar-refractivity contribution in [2.75, 3.05) is 24.9 Å². The predicted octanol–water partition coefficient (Wildman–Crippen LogP) is 1.99. The number of rotatable bonds is 5. The molecule has 1 saturated heterocycles. The fourth-order valence-corrected chi connectivity index (χ4v) is 4.42. The van der Waals surface area contributed by atoms with E-state index < -0.39 is 41.2 Å². The largest absolute Gasteiger partial charge is 0.497 e. The molecule has 0 saturated carbocycles. The number of methoxy groups -OCH3 is 2. The second-order valence-corrected chi connectivity index (χ2v) is 7.79. The van der Waals surface area contributed by atoms with Crippen LogP contribution in [-0.2, 0) is 15.1 Å². The molecule has 8 nitrogen and oxygen atoms in total. The van der Waals surface area contributed by atoms with Crippen molar-refractivity contribution in [3.63, 3.8) is 0 Å². The number of fused-ring (bicyclic) bond motifs is 2. The minimum absolute atomic E-state index is 0.180. The molecule has 31 heavy (non-hydrogen) atoms. The lowest BCUT2D eigenvalue weighted by Crippen LogP contribution is -2.53. The highest BCUT2D eigenvalue weighted by molar-refractivity contribution is 6.10. The average molecular weight is 429 g/mol. The van der Waals surface area contributed by atoms with Crippen LogP contribution < -0.4 is 25.4 Å². The molecule has 1 fully saturated rings. The van der Waals surface area contributed by atoms with Crippen molar-refractivity contribution >= 4 is 23.2 Å². The molecule has 2 aromatic carbocycles. The summed E-state index contributed by atoms with van der Waals surface area (Å²) in [6, 6.07) is 8.38. The Morgan fingerprint density at radius 3 is 2.71 bits per heavy atom. The van der Waals surface area contributed by atoms with Gasteiger partial charge in [0.2, 0.25) is 11.8 Å². The van der Waals surface area contributed by atoms with E-state index in [0.29, 0.717) is 28.4 Å². The van der Waals surface area contributed by atoms with E-state index in [4.69, 9.17) is 9.47 Å².